The van der Waals surface area contributed by atoms with E-state index < -0.39 is 23.4 Å². The van der Waals surface area contributed by atoms with Crippen molar-refractivity contribution < 1.29 is 27.9 Å². The van der Waals surface area contributed by atoms with Crippen LogP contribution in [-0.2, 0) is 24.2 Å². The van der Waals surface area contributed by atoms with E-state index in [1.165, 1.54) is 23.9 Å². The normalized spacial score (nSPS) is 11.1. The van der Waals surface area contributed by atoms with E-state index >= 15 is 0 Å². The molecule has 0 saturated heterocycles. The molecule has 0 spiro atoms. The summed E-state index contributed by atoms with van der Waals surface area (Å²) in [6.07, 6.45) is 3.91. The summed E-state index contributed by atoms with van der Waals surface area (Å²) in [6, 6.07) is 8.51. The maximum atomic E-state index is 15.0. The summed E-state index contributed by atoms with van der Waals surface area (Å²) in [5.74, 6) is -2.02. The lowest BCUT2D eigenvalue weighted by molar-refractivity contribution is 0.0635. The van der Waals surface area contributed by atoms with Crippen LogP contribution in [0.5, 0.6) is 5.75 Å². The van der Waals surface area contributed by atoms with Gasteiger partial charge in [0.25, 0.3) is 5.56 Å². The molecule has 0 aliphatic carbocycles. The maximum absolute atomic E-state index is 15.0. The third-order valence-corrected chi connectivity index (χ3v) is 5.44. The number of hydrogen-bond donors (Lipinski definition) is 2. The fourth-order valence-corrected chi connectivity index (χ4v) is 3.58. The minimum Gasteiger partial charge on any atom is -0.491 e. The third kappa shape index (κ3) is 7.71. The van der Waals surface area contributed by atoms with Gasteiger partial charge in [0, 0.05) is 18.5 Å². The second-order valence-corrected chi connectivity index (χ2v) is 9.78. The molecule has 0 aromatic carbocycles. The zero-order valence-corrected chi connectivity index (χ0v) is 22.8. The Hall–Kier alpha value is -5.14. The molecule has 0 fully saturated rings. The first kappa shape index (κ1) is 28.9. The summed E-state index contributed by atoms with van der Waals surface area (Å²) in [5.41, 5.74) is 0.387. The van der Waals surface area contributed by atoms with Gasteiger partial charge >= 0.3 is 17.9 Å². The molecule has 0 bridgehead atoms. The Bertz CT molecular complexity index is 1590. The molecule has 2 amide bonds. The van der Waals surface area contributed by atoms with Gasteiger partial charge in [-0.05, 0) is 38.5 Å². The molecule has 0 saturated carbocycles. The van der Waals surface area contributed by atoms with Crippen LogP contribution in [0, 0.1) is 5.82 Å². The highest BCUT2D eigenvalue weighted by atomic mass is 19.1. The third-order valence-electron chi connectivity index (χ3n) is 5.44. The summed E-state index contributed by atoms with van der Waals surface area (Å²) < 4.78 is 32.2. The molecule has 0 atom stereocenters. The van der Waals surface area contributed by atoms with Gasteiger partial charge in [-0.25, -0.2) is 9.18 Å². The molecular weight excluding hydrogens is 537 g/mol. The van der Waals surface area contributed by atoms with E-state index in [1.54, 1.807) is 51.4 Å². The van der Waals surface area contributed by atoms with Crippen molar-refractivity contribution in [2.75, 3.05) is 12.4 Å². The van der Waals surface area contributed by atoms with Crippen molar-refractivity contribution in [3.63, 3.8) is 0 Å². The van der Waals surface area contributed by atoms with Crippen LogP contribution < -0.4 is 20.9 Å². The molecule has 2 N–H and O–H groups in total. The molecule has 14 heteroatoms. The van der Waals surface area contributed by atoms with Crippen molar-refractivity contribution in [3.8, 4) is 5.75 Å². The van der Waals surface area contributed by atoms with Crippen LogP contribution in [0.25, 0.3) is 0 Å². The van der Waals surface area contributed by atoms with Crippen molar-refractivity contribution in [2.24, 2.45) is 0 Å². The van der Waals surface area contributed by atoms with Crippen molar-refractivity contribution in [3.05, 3.63) is 93.8 Å². The lowest BCUT2D eigenvalue weighted by Crippen LogP contribution is -2.28. The highest BCUT2D eigenvalue weighted by Gasteiger charge is 2.22. The van der Waals surface area contributed by atoms with Crippen LogP contribution >= 0.6 is 0 Å². The molecule has 0 unspecified atom stereocenters. The predicted molar refractivity (Wildman–Crippen MR) is 143 cm³/mol. The van der Waals surface area contributed by atoms with Crippen molar-refractivity contribution >= 4 is 17.7 Å². The maximum Gasteiger partial charge on any atom is 0.412 e. The molecule has 4 rings (SSSR count). The molecule has 214 valence electrons. The van der Waals surface area contributed by atoms with Crippen LogP contribution in [0.2, 0.25) is 0 Å². The molecule has 4 aromatic rings. The minimum atomic E-state index is -0.874. The molecular formula is C27H28FN7O6. The monoisotopic (exact) mass is 565 g/mol. The Labute approximate surface area is 233 Å². The fourth-order valence-electron chi connectivity index (χ4n) is 3.58. The average molecular weight is 566 g/mol. The number of amides is 2. The van der Waals surface area contributed by atoms with Gasteiger partial charge < -0.3 is 23.8 Å². The van der Waals surface area contributed by atoms with Gasteiger partial charge in [0.1, 0.15) is 11.3 Å². The topological polar surface area (TPSA) is 163 Å². The van der Waals surface area contributed by atoms with Gasteiger partial charge in [-0.15, -0.1) is 10.2 Å². The lowest BCUT2D eigenvalue weighted by Gasteiger charge is -2.20. The van der Waals surface area contributed by atoms with Crippen LogP contribution in [0.15, 0.2) is 58.1 Å². The molecule has 13 nitrogen and oxygen atoms in total. The second kappa shape index (κ2) is 12.4. The largest absolute Gasteiger partial charge is 0.491 e. The molecule has 41 heavy (non-hydrogen) atoms. The summed E-state index contributed by atoms with van der Waals surface area (Å²) in [7, 11) is 1.23. The first-order valence-corrected chi connectivity index (χ1v) is 12.4. The van der Waals surface area contributed by atoms with Crippen molar-refractivity contribution in [1.29, 1.82) is 0 Å². The number of ether oxygens (including phenoxy) is 2. The SMILES string of the molecule is COc1c(NC(=O)OC(C)(C)C)cnc(CNC(=O)c2nnc(Cc3ccc(Cn4ccccc4=O)nc3)o2)c1F. The van der Waals surface area contributed by atoms with Gasteiger partial charge in [-0.2, -0.15) is 0 Å². The standard InChI is InChI=1S/C27H28FN7O6/c1-27(2,3)41-26(38)32-19-14-30-18(22(28)23(19)39-4)13-31-24(37)25-34-33-20(40-25)11-16-8-9-17(29-12-16)15-35-10-6-5-7-21(35)36/h5-10,12,14H,11,13,15H2,1-4H3,(H,31,37)(H,32,38). The van der Waals surface area contributed by atoms with E-state index in [0.717, 1.165) is 5.56 Å². The summed E-state index contributed by atoms with van der Waals surface area (Å²) in [4.78, 5) is 44.8. The Morgan fingerprint density at radius 3 is 2.59 bits per heavy atom. The number of carbonyl (C=O) groups is 2. The second-order valence-electron chi connectivity index (χ2n) is 9.78. The van der Waals surface area contributed by atoms with Crippen LogP contribution in [0.1, 0.15) is 54.3 Å². The summed E-state index contributed by atoms with van der Waals surface area (Å²) >= 11 is 0. The molecule has 0 aliphatic rings. The van der Waals surface area contributed by atoms with Crippen LogP contribution in [-0.4, -0.2) is 49.4 Å². The van der Waals surface area contributed by atoms with Gasteiger partial charge in [-0.1, -0.05) is 12.1 Å². The van der Waals surface area contributed by atoms with E-state index in [4.69, 9.17) is 13.9 Å². The molecule has 0 radical (unpaired) electrons. The highest BCUT2D eigenvalue weighted by molar-refractivity contribution is 5.89. The van der Waals surface area contributed by atoms with Crippen LogP contribution in [0.4, 0.5) is 14.9 Å². The summed E-state index contributed by atoms with van der Waals surface area (Å²) in [6.45, 7) is 5.07. The number of rotatable bonds is 9. The fraction of sp³-hybridized carbons (Fsp3) is 0.296. The minimum absolute atomic E-state index is 0.0348. The Morgan fingerprint density at radius 2 is 1.90 bits per heavy atom. The van der Waals surface area contributed by atoms with E-state index in [0.29, 0.717) is 12.2 Å². The number of aromatic nitrogens is 5. The number of halogens is 1. The Balaban J connectivity index is 1.34. The highest BCUT2D eigenvalue weighted by Crippen LogP contribution is 2.29. The lowest BCUT2D eigenvalue weighted by atomic mass is 10.2. The number of nitrogens with one attached hydrogen (secondary N) is 2. The van der Waals surface area contributed by atoms with Gasteiger partial charge in [-0.3, -0.25) is 24.9 Å². The zero-order valence-electron chi connectivity index (χ0n) is 22.8. The number of methoxy groups -OCH3 is 1. The Morgan fingerprint density at radius 1 is 1.10 bits per heavy atom. The van der Waals surface area contributed by atoms with E-state index in [1.807, 2.05) is 6.07 Å². The van der Waals surface area contributed by atoms with E-state index in [-0.39, 0.29) is 47.4 Å². The molecule has 4 heterocycles. The Kier molecular flexibility index (Phi) is 8.70. The smallest absolute Gasteiger partial charge is 0.412 e. The number of hydrogen-bond acceptors (Lipinski definition) is 10. The van der Waals surface area contributed by atoms with Gasteiger partial charge in [0.05, 0.1) is 44.2 Å². The number of carbonyl (C=O) groups excluding carboxylic acids is 2. The number of anilines is 1. The quantitative estimate of drug-likeness (QED) is 0.308. The number of pyridine rings is 3. The van der Waals surface area contributed by atoms with Crippen LogP contribution in [0.3, 0.4) is 0 Å². The van der Waals surface area contributed by atoms with Crippen molar-refractivity contribution in [2.45, 2.75) is 45.9 Å². The first-order valence-electron chi connectivity index (χ1n) is 12.4. The zero-order chi connectivity index (χ0) is 29.6. The first-order chi connectivity index (χ1) is 19.5. The van der Waals surface area contributed by atoms with Crippen molar-refractivity contribution in [1.82, 2.24) is 30.0 Å². The van der Waals surface area contributed by atoms with Gasteiger partial charge in [0.15, 0.2) is 11.6 Å². The van der Waals surface area contributed by atoms with E-state index in [2.05, 4.69) is 30.8 Å². The van der Waals surface area contributed by atoms with E-state index in [9.17, 15) is 18.8 Å². The molecule has 4 aromatic heterocycles. The number of nitrogens with zero attached hydrogens (tertiary/aromatic N) is 5. The summed E-state index contributed by atoms with van der Waals surface area (Å²) in [5, 5.41) is 12.5. The average Bonchev–Trinajstić information content (AvgIpc) is 3.38. The van der Waals surface area contributed by atoms with Gasteiger partial charge in [0.2, 0.25) is 5.89 Å². The predicted octanol–water partition coefficient (Wildman–Crippen LogP) is 3.09. The molecule has 0 aliphatic heterocycles.